The Morgan fingerprint density at radius 3 is 2.89 bits per heavy atom. The van der Waals surface area contributed by atoms with Crippen molar-refractivity contribution in [2.45, 2.75) is 45.1 Å². The van der Waals surface area contributed by atoms with Crippen LogP contribution in [0.2, 0.25) is 0 Å². The molecule has 2 aliphatic heterocycles. The average molecular weight is 260 g/mol. The van der Waals surface area contributed by atoms with E-state index in [1.807, 2.05) is 13.0 Å². The lowest BCUT2D eigenvalue weighted by Crippen LogP contribution is -2.21. The maximum absolute atomic E-state index is 12.6. The molecule has 1 atom stereocenters. The van der Waals surface area contributed by atoms with Crippen LogP contribution in [0.25, 0.3) is 0 Å². The lowest BCUT2D eigenvalue weighted by atomic mass is 9.96. The molecule has 1 unspecified atom stereocenters. The number of benzene rings is 1. The number of aryl methyl sites for hydroxylation is 2. The SMILES string of the molecule is Cc1cc2c(c(C(=O)C3CCCO3)c1)OCCCC2. The summed E-state index contributed by atoms with van der Waals surface area (Å²) in [5.74, 6) is 0.906. The Morgan fingerprint density at radius 2 is 2.11 bits per heavy atom. The zero-order valence-electron chi connectivity index (χ0n) is 11.4. The van der Waals surface area contributed by atoms with Gasteiger partial charge in [-0.2, -0.15) is 0 Å². The van der Waals surface area contributed by atoms with Crippen molar-refractivity contribution in [3.63, 3.8) is 0 Å². The van der Waals surface area contributed by atoms with Crippen molar-refractivity contribution in [2.75, 3.05) is 13.2 Å². The summed E-state index contributed by atoms with van der Waals surface area (Å²) in [4.78, 5) is 12.6. The van der Waals surface area contributed by atoms with E-state index >= 15 is 0 Å². The third-order valence-corrected chi connectivity index (χ3v) is 3.88. The first kappa shape index (κ1) is 12.7. The largest absolute Gasteiger partial charge is 0.493 e. The van der Waals surface area contributed by atoms with Crippen molar-refractivity contribution in [1.82, 2.24) is 0 Å². The van der Waals surface area contributed by atoms with E-state index in [-0.39, 0.29) is 11.9 Å². The number of ketones is 1. The molecule has 102 valence electrons. The molecule has 2 aliphatic rings. The number of hydrogen-bond donors (Lipinski definition) is 0. The number of carbonyl (C=O) groups excluding carboxylic acids is 1. The zero-order chi connectivity index (χ0) is 13.2. The molecule has 0 spiro atoms. The number of Topliss-reactive ketones (excluding diaryl/α,β-unsaturated/α-hetero) is 1. The fourth-order valence-corrected chi connectivity index (χ4v) is 2.94. The summed E-state index contributed by atoms with van der Waals surface area (Å²) in [6.07, 6.45) is 4.73. The summed E-state index contributed by atoms with van der Waals surface area (Å²) in [7, 11) is 0. The Labute approximate surface area is 113 Å². The second-order valence-electron chi connectivity index (χ2n) is 5.47. The molecule has 1 aromatic carbocycles. The number of fused-ring (bicyclic) bond motifs is 1. The van der Waals surface area contributed by atoms with Crippen LogP contribution >= 0.6 is 0 Å². The van der Waals surface area contributed by atoms with Crippen LogP contribution in [0.1, 0.15) is 47.2 Å². The van der Waals surface area contributed by atoms with Gasteiger partial charge in [0.05, 0.1) is 12.2 Å². The zero-order valence-corrected chi connectivity index (χ0v) is 11.4. The summed E-state index contributed by atoms with van der Waals surface area (Å²) in [5.41, 5.74) is 3.04. The first-order valence-corrected chi connectivity index (χ1v) is 7.18. The summed E-state index contributed by atoms with van der Waals surface area (Å²) in [6, 6.07) is 4.10. The van der Waals surface area contributed by atoms with Gasteiger partial charge in [0.25, 0.3) is 0 Å². The van der Waals surface area contributed by atoms with Gasteiger partial charge in [-0.3, -0.25) is 4.79 Å². The van der Waals surface area contributed by atoms with E-state index in [2.05, 4.69) is 6.07 Å². The van der Waals surface area contributed by atoms with Crippen LogP contribution in [-0.2, 0) is 11.2 Å². The van der Waals surface area contributed by atoms with Crippen LogP contribution in [0, 0.1) is 6.92 Å². The highest BCUT2D eigenvalue weighted by atomic mass is 16.5. The van der Waals surface area contributed by atoms with Gasteiger partial charge in [-0.15, -0.1) is 0 Å². The summed E-state index contributed by atoms with van der Waals surface area (Å²) in [5, 5.41) is 0. The lowest BCUT2D eigenvalue weighted by Gasteiger charge is -2.16. The van der Waals surface area contributed by atoms with Gasteiger partial charge in [0, 0.05) is 6.61 Å². The van der Waals surface area contributed by atoms with Gasteiger partial charge in [-0.1, -0.05) is 6.07 Å². The van der Waals surface area contributed by atoms with E-state index < -0.39 is 0 Å². The number of hydrogen-bond acceptors (Lipinski definition) is 3. The van der Waals surface area contributed by atoms with Crippen molar-refractivity contribution in [3.8, 4) is 5.75 Å². The normalized spacial score (nSPS) is 22.5. The Kier molecular flexibility index (Phi) is 3.56. The minimum absolute atomic E-state index is 0.0966. The first-order chi connectivity index (χ1) is 9.25. The van der Waals surface area contributed by atoms with Crippen LogP contribution in [0.5, 0.6) is 5.75 Å². The topological polar surface area (TPSA) is 35.5 Å². The molecule has 0 bridgehead atoms. The van der Waals surface area contributed by atoms with Crippen molar-refractivity contribution in [1.29, 1.82) is 0 Å². The van der Waals surface area contributed by atoms with Crippen LogP contribution in [0.15, 0.2) is 12.1 Å². The monoisotopic (exact) mass is 260 g/mol. The van der Waals surface area contributed by atoms with Crippen LogP contribution < -0.4 is 4.74 Å². The van der Waals surface area contributed by atoms with E-state index in [1.165, 1.54) is 5.56 Å². The molecular weight excluding hydrogens is 240 g/mol. The molecule has 19 heavy (non-hydrogen) atoms. The minimum atomic E-state index is -0.266. The Bertz CT molecular complexity index is 487. The van der Waals surface area contributed by atoms with Crippen molar-refractivity contribution in [3.05, 3.63) is 28.8 Å². The fourth-order valence-electron chi connectivity index (χ4n) is 2.94. The standard InChI is InChI=1S/C16H20O3/c1-11-9-12-5-2-3-7-19-16(12)13(10-11)15(17)14-6-4-8-18-14/h9-10,14H,2-8H2,1H3. The second kappa shape index (κ2) is 5.33. The molecule has 0 aliphatic carbocycles. The van der Waals surface area contributed by atoms with Gasteiger partial charge in [0.2, 0.25) is 0 Å². The second-order valence-corrected chi connectivity index (χ2v) is 5.47. The van der Waals surface area contributed by atoms with Gasteiger partial charge in [0.1, 0.15) is 11.9 Å². The number of carbonyl (C=O) groups is 1. The maximum Gasteiger partial charge on any atom is 0.195 e. The Hall–Kier alpha value is -1.35. The first-order valence-electron chi connectivity index (χ1n) is 7.18. The maximum atomic E-state index is 12.6. The van der Waals surface area contributed by atoms with Crippen LogP contribution in [0.3, 0.4) is 0 Å². The van der Waals surface area contributed by atoms with E-state index in [0.29, 0.717) is 13.2 Å². The van der Waals surface area contributed by atoms with Crippen LogP contribution in [-0.4, -0.2) is 25.1 Å². The Balaban J connectivity index is 1.99. The van der Waals surface area contributed by atoms with E-state index in [0.717, 1.165) is 49.0 Å². The summed E-state index contributed by atoms with van der Waals surface area (Å²) < 4.78 is 11.4. The molecule has 1 aromatic rings. The predicted molar refractivity (Wildman–Crippen MR) is 72.9 cm³/mol. The molecule has 2 heterocycles. The molecule has 3 rings (SSSR count). The summed E-state index contributed by atoms with van der Waals surface area (Å²) >= 11 is 0. The molecule has 1 fully saturated rings. The highest BCUT2D eigenvalue weighted by Gasteiger charge is 2.28. The Morgan fingerprint density at radius 1 is 1.21 bits per heavy atom. The van der Waals surface area contributed by atoms with Crippen molar-refractivity contribution < 1.29 is 14.3 Å². The molecule has 1 saturated heterocycles. The van der Waals surface area contributed by atoms with Crippen LogP contribution in [0.4, 0.5) is 0 Å². The third-order valence-electron chi connectivity index (χ3n) is 3.88. The van der Waals surface area contributed by atoms with E-state index in [1.54, 1.807) is 0 Å². The molecule has 0 aromatic heterocycles. The lowest BCUT2D eigenvalue weighted by molar-refractivity contribution is 0.0639. The quantitative estimate of drug-likeness (QED) is 0.767. The molecular formula is C16H20O3. The summed E-state index contributed by atoms with van der Waals surface area (Å²) in [6.45, 7) is 3.45. The predicted octanol–water partition coefficient (Wildman–Crippen LogP) is 3.07. The van der Waals surface area contributed by atoms with Gasteiger partial charge in [-0.05, 0) is 56.2 Å². The molecule has 0 saturated carbocycles. The highest BCUT2D eigenvalue weighted by Crippen LogP contribution is 2.32. The number of rotatable bonds is 2. The van der Waals surface area contributed by atoms with Gasteiger partial charge in [0.15, 0.2) is 5.78 Å². The fraction of sp³-hybridized carbons (Fsp3) is 0.562. The number of ether oxygens (including phenoxy) is 2. The van der Waals surface area contributed by atoms with E-state index in [4.69, 9.17) is 9.47 Å². The van der Waals surface area contributed by atoms with Gasteiger partial charge in [-0.25, -0.2) is 0 Å². The minimum Gasteiger partial charge on any atom is -0.493 e. The highest BCUT2D eigenvalue weighted by molar-refractivity contribution is 6.02. The van der Waals surface area contributed by atoms with E-state index in [9.17, 15) is 4.79 Å². The molecule has 0 amide bonds. The third kappa shape index (κ3) is 2.52. The molecule has 0 N–H and O–H groups in total. The smallest absolute Gasteiger partial charge is 0.195 e. The van der Waals surface area contributed by atoms with Gasteiger partial charge >= 0.3 is 0 Å². The van der Waals surface area contributed by atoms with Crippen molar-refractivity contribution >= 4 is 5.78 Å². The average Bonchev–Trinajstić information content (AvgIpc) is 2.83. The molecule has 3 nitrogen and oxygen atoms in total. The molecule has 3 heteroatoms. The molecule has 0 radical (unpaired) electrons. The van der Waals surface area contributed by atoms with Gasteiger partial charge < -0.3 is 9.47 Å². The van der Waals surface area contributed by atoms with Crippen molar-refractivity contribution in [2.24, 2.45) is 0 Å².